The topological polar surface area (TPSA) is 95.3 Å². The molecule has 4 rings (SSSR count). The summed E-state index contributed by atoms with van der Waals surface area (Å²) in [7, 11) is 0. The van der Waals surface area contributed by atoms with Crippen molar-refractivity contribution < 1.29 is 14.4 Å². The van der Waals surface area contributed by atoms with Crippen LogP contribution >= 0.6 is 0 Å². The Morgan fingerprint density at radius 3 is 2.88 bits per heavy atom. The number of rotatable bonds is 2. The fraction of sp³-hybridized carbons (Fsp3) is 0.389. The summed E-state index contributed by atoms with van der Waals surface area (Å²) in [6.45, 7) is 6.04. The van der Waals surface area contributed by atoms with Crippen LogP contribution in [0.4, 0.5) is 0 Å². The first-order valence-corrected chi connectivity index (χ1v) is 8.32. The van der Waals surface area contributed by atoms with Gasteiger partial charge in [-0.15, -0.1) is 0 Å². The zero-order valence-electron chi connectivity index (χ0n) is 14.4. The lowest BCUT2D eigenvalue weighted by molar-refractivity contribution is 0.0693. The number of aliphatic hydroxyl groups excluding tert-OH is 1. The Morgan fingerprint density at radius 2 is 2.16 bits per heavy atom. The molecule has 2 N–H and O–H groups in total. The molecule has 0 spiro atoms. The summed E-state index contributed by atoms with van der Waals surface area (Å²) >= 11 is 0. The SMILES string of the molecule is Cc1noc([C@H]2C[C@@H](O)CN2C(=O)c2ccc3[nH]c(C)c(C)c3c2)n1. The van der Waals surface area contributed by atoms with Crippen LogP contribution in [0, 0.1) is 20.8 Å². The maximum Gasteiger partial charge on any atom is 0.254 e. The van der Waals surface area contributed by atoms with Crippen molar-refractivity contribution in [3.05, 3.63) is 46.7 Å². The van der Waals surface area contributed by atoms with Crippen LogP contribution in [0.25, 0.3) is 10.9 Å². The van der Waals surface area contributed by atoms with Crippen LogP contribution < -0.4 is 0 Å². The second-order valence-electron chi connectivity index (χ2n) is 6.68. The molecular formula is C18H20N4O3. The maximum absolute atomic E-state index is 13.1. The molecule has 3 aromatic rings. The van der Waals surface area contributed by atoms with E-state index < -0.39 is 12.1 Å². The standard InChI is InChI=1S/C18H20N4O3/c1-9-10(2)19-15-5-4-12(6-14(9)15)18(24)22-8-13(23)7-16(22)17-20-11(3)21-25-17/h4-6,13,16,19,23H,7-8H2,1-3H3/t13-,16-/m1/s1. The van der Waals surface area contributed by atoms with E-state index in [0.717, 1.165) is 22.2 Å². The smallest absolute Gasteiger partial charge is 0.254 e. The van der Waals surface area contributed by atoms with E-state index in [1.54, 1.807) is 17.9 Å². The number of β-amino-alcohol motifs (C(OH)–C–C–N with tert-alkyl or cyclic N) is 1. The molecule has 2 atom stereocenters. The Balaban J connectivity index is 1.70. The van der Waals surface area contributed by atoms with Crippen molar-refractivity contribution in [3.63, 3.8) is 0 Å². The van der Waals surface area contributed by atoms with Gasteiger partial charge in [-0.2, -0.15) is 4.98 Å². The van der Waals surface area contributed by atoms with Crippen molar-refractivity contribution >= 4 is 16.8 Å². The third-order valence-electron chi connectivity index (χ3n) is 4.92. The van der Waals surface area contributed by atoms with E-state index in [1.165, 1.54) is 0 Å². The Bertz CT molecular complexity index is 959. The first-order valence-electron chi connectivity index (χ1n) is 8.32. The van der Waals surface area contributed by atoms with Crippen LogP contribution in [0.2, 0.25) is 0 Å². The van der Waals surface area contributed by atoms with Crippen molar-refractivity contribution in [2.24, 2.45) is 0 Å². The average Bonchev–Trinajstić information content (AvgIpc) is 3.25. The number of amides is 1. The molecule has 1 amide bonds. The van der Waals surface area contributed by atoms with Gasteiger partial charge in [-0.3, -0.25) is 4.79 Å². The minimum absolute atomic E-state index is 0.141. The third kappa shape index (κ3) is 2.60. The van der Waals surface area contributed by atoms with Crippen molar-refractivity contribution in [2.45, 2.75) is 39.3 Å². The number of carbonyl (C=O) groups excluding carboxylic acids is 1. The van der Waals surface area contributed by atoms with Crippen LogP contribution in [0.1, 0.15) is 45.8 Å². The summed E-state index contributed by atoms with van der Waals surface area (Å²) in [5.41, 5.74) is 3.83. The second kappa shape index (κ2) is 5.70. The summed E-state index contributed by atoms with van der Waals surface area (Å²) < 4.78 is 5.23. The monoisotopic (exact) mass is 340 g/mol. The predicted octanol–water partition coefficient (Wildman–Crippen LogP) is 2.42. The molecule has 7 nitrogen and oxygen atoms in total. The predicted molar refractivity (Wildman–Crippen MR) is 91.2 cm³/mol. The lowest BCUT2D eigenvalue weighted by Crippen LogP contribution is -2.31. The maximum atomic E-state index is 13.1. The molecule has 25 heavy (non-hydrogen) atoms. The molecule has 7 heteroatoms. The molecule has 0 aliphatic carbocycles. The fourth-order valence-electron chi connectivity index (χ4n) is 3.48. The van der Waals surface area contributed by atoms with Gasteiger partial charge in [-0.05, 0) is 44.5 Å². The summed E-state index contributed by atoms with van der Waals surface area (Å²) in [4.78, 5) is 22.2. The number of carbonyl (C=O) groups is 1. The summed E-state index contributed by atoms with van der Waals surface area (Å²) in [6, 6.07) is 5.23. The second-order valence-corrected chi connectivity index (χ2v) is 6.68. The molecule has 1 fully saturated rings. The molecule has 1 saturated heterocycles. The van der Waals surface area contributed by atoms with Gasteiger partial charge in [0.25, 0.3) is 5.91 Å². The number of aromatic nitrogens is 3. The van der Waals surface area contributed by atoms with Crippen LogP contribution in [0.5, 0.6) is 0 Å². The van der Waals surface area contributed by atoms with Gasteiger partial charge >= 0.3 is 0 Å². The van der Waals surface area contributed by atoms with Crippen LogP contribution in [-0.2, 0) is 0 Å². The van der Waals surface area contributed by atoms with Gasteiger partial charge in [-0.25, -0.2) is 0 Å². The molecule has 2 aromatic heterocycles. The molecule has 1 aromatic carbocycles. The summed E-state index contributed by atoms with van der Waals surface area (Å²) in [6.07, 6.45) is -0.195. The minimum atomic E-state index is -0.596. The van der Waals surface area contributed by atoms with Crippen molar-refractivity contribution in [3.8, 4) is 0 Å². The van der Waals surface area contributed by atoms with Gasteiger partial charge in [0.05, 0.1) is 6.10 Å². The molecule has 0 saturated carbocycles. The molecule has 130 valence electrons. The number of aromatic amines is 1. The zero-order chi connectivity index (χ0) is 17.7. The number of nitrogens with one attached hydrogen (secondary N) is 1. The summed E-state index contributed by atoms with van der Waals surface area (Å²) in [5, 5.41) is 14.9. The minimum Gasteiger partial charge on any atom is -0.391 e. The normalized spacial score (nSPS) is 20.6. The first-order chi connectivity index (χ1) is 11.9. The number of benzene rings is 1. The molecule has 0 radical (unpaired) electrons. The van der Waals surface area contributed by atoms with E-state index in [4.69, 9.17) is 4.52 Å². The number of aliphatic hydroxyl groups is 1. The van der Waals surface area contributed by atoms with Gasteiger partial charge in [0, 0.05) is 35.1 Å². The first kappa shape index (κ1) is 15.8. The fourth-order valence-corrected chi connectivity index (χ4v) is 3.48. The number of likely N-dealkylation sites (tertiary alicyclic amines) is 1. The van der Waals surface area contributed by atoms with Crippen molar-refractivity contribution in [1.29, 1.82) is 0 Å². The molecular weight excluding hydrogens is 320 g/mol. The van der Waals surface area contributed by atoms with E-state index in [1.807, 2.05) is 26.0 Å². The van der Waals surface area contributed by atoms with E-state index in [0.29, 0.717) is 23.7 Å². The lowest BCUT2D eigenvalue weighted by atomic mass is 10.1. The molecule has 1 aliphatic heterocycles. The summed E-state index contributed by atoms with van der Waals surface area (Å²) in [5.74, 6) is 0.748. The Labute approximate surface area is 144 Å². The van der Waals surface area contributed by atoms with Crippen molar-refractivity contribution in [1.82, 2.24) is 20.0 Å². The van der Waals surface area contributed by atoms with Crippen molar-refractivity contribution in [2.75, 3.05) is 6.54 Å². The Hall–Kier alpha value is -2.67. The highest BCUT2D eigenvalue weighted by Gasteiger charge is 2.39. The average molecular weight is 340 g/mol. The molecule has 0 unspecified atom stereocenters. The van der Waals surface area contributed by atoms with Crippen LogP contribution in [0.3, 0.4) is 0 Å². The molecule has 0 bridgehead atoms. The highest BCUT2D eigenvalue weighted by Crippen LogP contribution is 2.33. The Kier molecular flexibility index (Phi) is 3.61. The quantitative estimate of drug-likeness (QED) is 0.747. The van der Waals surface area contributed by atoms with Crippen LogP contribution in [-0.4, -0.2) is 43.7 Å². The number of hydrogen-bond acceptors (Lipinski definition) is 5. The number of aryl methyl sites for hydroxylation is 3. The number of H-pyrrole nitrogens is 1. The van der Waals surface area contributed by atoms with E-state index in [9.17, 15) is 9.90 Å². The van der Waals surface area contributed by atoms with E-state index >= 15 is 0 Å². The van der Waals surface area contributed by atoms with Gasteiger partial charge in [0.15, 0.2) is 5.82 Å². The number of nitrogens with zero attached hydrogens (tertiary/aromatic N) is 3. The third-order valence-corrected chi connectivity index (χ3v) is 4.92. The highest BCUT2D eigenvalue weighted by molar-refractivity contribution is 5.99. The zero-order valence-corrected chi connectivity index (χ0v) is 14.4. The van der Waals surface area contributed by atoms with Crippen LogP contribution in [0.15, 0.2) is 22.7 Å². The van der Waals surface area contributed by atoms with Gasteiger partial charge in [0.1, 0.15) is 6.04 Å². The largest absolute Gasteiger partial charge is 0.391 e. The highest BCUT2D eigenvalue weighted by atomic mass is 16.5. The molecule has 3 heterocycles. The van der Waals surface area contributed by atoms with E-state index in [-0.39, 0.29) is 12.5 Å². The number of hydrogen-bond donors (Lipinski definition) is 2. The lowest BCUT2D eigenvalue weighted by Gasteiger charge is -2.21. The Morgan fingerprint density at radius 1 is 1.36 bits per heavy atom. The van der Waals surface area contributed by atoms with Gasteiger partial charge < -0.3 is 19.5 Å². The molecule has 1 aliphatic rings. The van der Waals surface area contributed by atoms with Gasteiger partial charge in [0.2, 0.25) is 5.89 Å². The number of fused-ring (bicyclic) bond motifs is 1. The van der Waals surface area contributed by atoms with Gasteiger partial charge in [-0.1, -0.05) is 5.16 Å². The van der Waals surface area contributed by atoms with E-state index in [2.05, 4.69) is 15.1 Å².